The second-order valence-electron chi connectivity index (χ2n) is 3.65. The van der Waals surface area contributed by atoms with Crippen LogP contribution in [0.5, 0.6) is 0 Å². The highest BCUT2D eigenvalue weighted by molar-refractivity contribution is 7.80. The van der Waals surface area contributed by atoms with Crippen LogP contribution in [0.1, 0.15) is 5.56 Å². The lowest BCUT2D eigenvalue weighted by Gasteiger charge is -2.00. The van der Waals surface area contributed by atoms with Gasteiger partial charge in [-0.3, -0.25) is 4.79 Å². The molecule has 0 aliphatic rings. The van der Waals surface area contributed by atoms with E-state index in [9.17, 15) is 4.79 Å². The number of aromatic nitrogens is 1. The fourth-order valence-corrected chi connectivity index (χ4v) is 1.71. The van der Waals surface area contributed by atoms with Gasteiger partial charge in [-0.1, -0.05) is 24.4 Å². The molecule has 5 heteroatoms. The first-order chi connectivity index (χ1) is 8.63. The first-order valence-electron chi connectivity index (χ1n) is 5.15. The van der Waals surface area contributed by atoms with Crippen molar-refractivity contribution in [3.8, 4) is 6.07 Å². The Hall–Kier alpha value is -2.45. The highest BCUT2D eigenvalue weighted by Crippen LogP contribution is 2.09. The molecule has 0 saturated heterocycles. The Morgan fingerprint density at radius 1 is 1.44 bits per heavy atom. The van der Waals surface area contributed by atoms with Crippen LogP contribution >= 0.6 is 12.2 Å². The van der Waals surface area contributed by atoms with E-state index in [1.165, 1.54) is 6.08 Å². The maximum absolute atomic E-state index is 12.1. The molecular weight excluding hydrogens is 246 g/mol. The van der Waals surface area contributed by atoms with E-state index >= 15 is 0 Å². The summed E-state index contributed by atoms with van der Waals surface area (Å²) in [6.07, 6.45) is 2.94. The minimum absolute atomic E-state index is 0.0231. The lowest BCUT2D eigenvalue weighted by Crippen LogP contribution is -2.12. The van der Waals surface area contributed by atoms with Gasteiger partial charge in [0.05, 0.1) is 5.57 Å². The Balaban J connectivity index is 2.68. The number of rotatable bonds is 2. The van der Waals surface area contributed by atoms with E-state index in [4.69, 9.17) is 23.2 Å². The molecule has 2 rings (SSSR count). The Morgan fingerprint density at radius 2 is 2.17 bits per heavy atom. The third-order valence-corrected chi connectivity index (χ3v) is 2.72. The number of hydrogen-bond donors (Lipinski definition) is 2. The van der Waals surface area contributed by atoms with Crippen LogP contribution in [-0.2, 0) is 0 Å². The number of nitrogens with one attached hydrogen (secondary N) is 1. The molecule has 0 spiro atoms. The van der Waals surface area contributed by atoms with E-state index in [0.29, 0.717) is 10.9 Å². The van der Waals surface area contributed by atoms with E-state index in [1.807, 2.05) is 18.2 Å². The van der Waals surface area contributed by atoms with Crippen LogP contribution in [0.2, 0.25) is 0 Å². The van der Waals surface area contributed by atoms with Gasteiger partial charge in [0.25, 0.3) is 0 Å². The predicted molar refractivity (Wildman–Crippen MR) is 74.9 cm³/mol. The van der Waals surface area contributed by atoms with Crippen LogP contribution in [0.4, 0.5) is 0 Å². The standard InChI is InChI=1S/C13H9N3OS/c14-6-8(13(15)18)5-9-7-16-11-4-2-1-3-10(11)12(9)17/h1-5,7H,(H2,15,18)(H,16,17). The highest BCUT2D eigenvalue weighted by Gasteiger charge is 2.05. The number of nitrogens with zero attached hydrogens (tertiary/aromatic N) is 1. The molecule has 18 heavy (non-hydrogen) atoms. The van der Waals surface area contributed by atoms with E-state index in [1.54, 1.807) is 18.3 Å². The lowest BCUT2D eigenvalue weighted by molar-refractivity contribution is 1.37. The second-order valence-corrected chi connectivity index (χ2v) is 4.09. The number of para-hydroxylation sites is 1. The molecule has 0 bridgehead atoms. The van der Waals surface area contributed by atoms with Gasteiger partial charge in [-0.25, -0.2) is 0 Å². The molecular formula is C13H9N3OS. The molecule has 88 valence electrons. The zero-order valence-corrected chi connectivity index (χ0v) is 10.1. The highest BCUT2D eigenvalue weighted by atomic mass is 32.1. The van der Waals surface area contributed by atoms with Gasteiger partial charge in [0, 0.05) is 22.7 Å². The van der Waals surface area contributed by atoms with Crippen molar-refractivity contribution in [2.24, 2.45) is 5.73 Å². The number of nitriles is 1. The molecule has 4 nitrogen and oxygen atoms in total. The number of fused-ring (bicyclic) bond motifs is 1. The van der Waals surface area contributed by atoms with Gasteiger partial charge in [-0.2, -0.15) is 5.26 Å². The maximum atomic E-state index is 12.1. The van der Waals surface area contributed by atoms with Gasteiger partial charge < -0.3 is 10.7 Å². The molecule has 0 amide bonds. The molecule has 1 aromatic carbocycles. The summed E-state index contributed by atoms with van der Waals surface area (Å²) >= 11 is 4.73. The number of aromatic amines is 1. The van der Waals surface area contributed by atoms with E-state index < -0.39 is 0 Å². The zero-order valence-electron chi connectivity index (χ0n) is 9.31. The molecule has 0 aliphatic carbocycles. The van der Waals surface area contributed by atoms with Gasteiger partial charge in [0.2, 0.25) is 0 Å². The minimum Gasteiger partial charge on any atom is -0.389 e. The van der Waals surface area contributed by atoms with Crippen LogP contribution in [0.25, 0.3) is 17.0 Å². The average Bonchev–Trinajstić information content (AvgIpc) is 2.38. The third kappa shape index (κ3) is 2.14. The first kappa shape index (κ1) is 12.0. The van der Waals surface area contributed by atoms with Crippen molar-refractivity contribution in [1.29, 1.82) is 5.26 Å². The van der Waals surface area contributed by atoms with Gasteiger partial charge in [-0.15, -0.1) is 0 Å². The van der Waals surface area contributed by atoms with Crippen molar-refractivity contribution in [2.45, 2.75) is 0 Å². The summed E-state index contributed by atoms with van der Waals surface area (Å²) in [4.78, 5) is 15.1. The lowest BCUT2D eigenvalue weighted by atomic mass is 10.1. The number of H-pyrrole nitrogens is 1. The fourth-order valence-electron chi connectivity index (χ4n) is 1.60. The monoisotopic (exact) mass is 255 g/mol. The number of benzene rings is 1. The van der Waals surface area contributed by atoms with E-state index in [2.05, 4.69) is 4.98 Å². The molecule has 0 unspecified atom stereocenters. The summed E-state index contributed by atoms with van der Waals surface area (Å²) in [5, 5.41) is 9.43. The van der Waals surface area contributed by atoms with Crippen LogP contribution in [0, 0.1) is 11.3 Å². The van der Waals surface area contributed by atoms with Crippen molar-refractivity contribution >= 4 is 34.2 Å². The quantitative estimate of drug-likeness (QED) is 0.486. The number of pyridine rings is 1. The molecule has 1 heterocycles. The number of hydrogen-bond acceptors (Lipinski definition) is 3. The topological polar surface area (TPSA) is 82.7 Å². The summed E-state index contributed by atoms with van der Waals surface area (Å²) in [5.74, 6) is 0. The summed E-state index contributed by atoms with van der Waals surface area (Å²) in [6.45, 7) is 0. The molecule has 0 radical (unpaired) electrons. The van der Waals surface area contributed by atoms with E-state index in [0.717, 1.165) is 5.52 Å². The summed E-state index contributed by atoms with van der Waals surface area (Å²) in [6, 6.07) is 9.01. The average molecular weight is 255 g/mol. The second kappa shape index (κ2) is 4.82. The molecule has 0 atom stereocenters. The summed E-state index contributed by atoms with van der Waals surface area (Å²) in [5.41, 5.74) is 6.45. The van der Waals surface area contributed by atoms with Crippen molar-refractivity contribution in [1.82, 2.24) is 4.98 Å². The van der Waals surface area contributed by atoms with E-state index in [-0.39, 0.29) is 16.0 Å². The summed E-state index contributed by atoms with van der Waals surface area (Å²) < 4.78 is 0. The molecule has 0 fully saturated rings. The Bertz CT molecular complexity index is 753. The van der Waals surface area contributed by atoms with Gasteiger partial charge in [0.1, 0.15) is 11.1 Å². The van der Waals surface area contributed by atoms with Gasteiger partial charge in [-0.05, 0) is 18.2 Å². The van der Waals surface area contributed by atoms with Gasteiger partial charge in [0.15, 0.2) is 5.43 Å². The largest absolute Gasteiger partial charge is 0.389 e. The number of thiocarbonyl (C=S) groups is 1. The van der Waals surface area contributed by atoms with Gasteiger partial charge >= 0.3 is 0 Å². The molecule has 0 aliphatic heterocycles. The zero-order chi connectivity index (χ0) is 13.1. The molecule has 2 aromatic rings. The Labute approximate surface area is 108 Å². The van der Waals surface area contributed by atoms with Crippen molar-refractivity contribution in [3.63, 3.8) is 0 Å². The molecule has 3 N–H and O–H groups in total. The summed E-state index contributed by atoms with van der Waals surface area (Å²) in [7, 11) is 0. The van der Waals surface area contributed by atoms with Crippen LogP contribution < -0.4 is 11.2 Å². The van der Waals surface area contributed by atoms with Crippen molar-refractivity contribution in [3.05, 3.63) is 51.8 Å². The van der Waals surface area contributed by atoms with Crippen molar-refractivity contribution in [2.75, 3.05) is 0 Å². The maximum Gasteiger partial charge on any atom is 0.196 e. The van der Waals surface area contributed by atoms with Crippen molar-refractivity contribution < 1.29 is 0 Å². The Kier molecular flexibility index (Phi) is 3.22. The normalized spacial score (nSPS) is 11.2. The third-order valence-electron chi connectivity index (χ3n) is 2.50. The fraction of sp³-hybridized carbons (Fsp3) is 0. The van der Waals surface area contributed by atoms with Crippen LogP contribution in [-0.4, -0.2) is 9.97 Å². The van der Waals surface area contributed by atoms with Crippen LogP contribution in [0.3, 0.4) is 0 Å². The molecule has 1 aromatic heterocycles. The molecule has 0 saturated carbocycles. The minimum atomic E-state index is -0.159. The smallest absolute Gasteiger partial charge is 0.196 e. The first-order valence-corrected chi connectivity index (χ1v) is 5.56. The predicted octanol–water partition coefficient (Wildman–Crippen LogP) is 1.72. The Morgan fingerprint density at radius 3 is 2.83 bits per heavy atom. The SMILES string of the molecule is N#CC(=Cc1c[nH]c2ccccc2c1=O)C(N)=S. The number of nitrogens with two attached hydrogens (primary N) is 1. The van der Waals surface area contributed by atoms with Crippen LogP contribution in [0.15, 0.2) is 40.8 Å².